The zero-order chi connectivity index (χ0) is 14.8. The molecule has 0 N–H and O–H groups in total. The molecule has 3 atom stereocenters. The number of esters is 1. The molecule has 3 nitrogen and oxygen atoms in total. The quantitative estimate of drug-likeness (QED) is 0.794. The predicted molar refractivity (Wildman–Crippen MR) is 80.6 cm³/mol. The number of hydrogen-bond acceptors (Lipinski definition) is 3. The van der Waals surface area contributed by atoms with E-state index in [1.54, 1.807) is 0 Å². The molecule has 0 aromatic heterocycles. The SMILES string of the molecule is CCOC(=O)C1(c2ccccc2)CCN(C)C(C)C1C. The lowest BCUT2D eigenvalue weighted by Gasteiger charge is -2.48. The molecule has 1 aromatic carbocycles. The minimum Gasteiger partial charge on any atom is -0.465 e. The van der Waals surface area contributed by atoms with Crippen molar-refractivity contribution in [3.8, 4) is 0 Å². The highest BCUT2D eigenvalue weighted by atomic mass is 16.5. The number of benzene rings is 1. The number of piperidine rings is 1. The van der Waals surface area contributed by atoms with Crippen LogP contribution in [0.2, 0.25) is 0 Å². The maximum Gasteiger partial charge on any atom is 0.316 e. The average molecular weight is 275 g/mol. The first-order valence-corrected chi connectivity index (χ1v) is 7.47. The second-order valence-corrected chi connectivity index (χ2v) is 5.82. The summed E-state index contributed by atoms with van der Waals surface area (Å²) in [4.78, 5) is 15.1. The van der Waals surface area contributed by atoms with Crippen LogP contribution in [0.25, 0.3) is 0 Å². The summed E-state index contributed by atoms with van der Waals surface area (Å²) in [7, 11) is 2.13. The van der Waals surface area contributed by atoms with E-state index in [1.807, 2.05) is 25.1 Å². The Hall–Kier alpha value is -1.35. The van der Waals surface area contributed by atoms with E-state index >= 15 is 0 Å². The van der Waals surface area contributed by atoms with E-state index in [1.165, 1.54) is 0 Å². The van der Waals surface area contributed by atoms with Gasteiger partial charge in [0.25, 0.3) is 0 Å². The first-order chi connectivity index (χ1) is 9.54. The smallest absolute Gasteiger partial charge is 0.316 e. The maximum atomic E-state index is 12.7. The molecular weight excluding hydrogens is 250 g/mol. The van der Waals surface area contributed by atoms with Gasteiger partial charge in [0.05, 0.1) is 12.0 Å². The Morgan fingerprint density at radius 2 is 2.00 bits per heavy atom. The molecule has 0 saturated carbocycles. The van der Waals surface area contributed by atoms with E-state index in [2.05, 4.69) is 37.9 Å². The normalized spacial score (nSPS) is 31.0. The Labute approximate surface area is 121 Å². The number of nitrogens with zero attached hydrogens (tertiary/aromatic N) is 1. The van der Waals surface area contributed by atoms with E-state index in [0.29, 0.717) is 12.6 Å². The van der Waals surface area contributed by atoms with Crippen LogP contribution >= 0.6 is 0 Å². The molecule has 1 aliphatic heterocycles. The molecule has 0 aliphatic carbocycles. The number of carbonyl (C=O) groups is 1. The summed E-state index contributed by atoms with van der Waals surface area (Å²) in [6.45, 7) is 7.59. The number of carbonyl (C=O) groups excluding carboxylic acids is 1. The summed E-state index contributed by atoms with van der Waals surface area (Å²) in [5.74, 6) is 0.154. The zero-order valence-corrected chi connectivity index (χ0v) is 12.9. The van der Waals surface area contributed by atoms with Gasteiger partial charge in [0.1, 0.15) is 0 Å². The molecule has 0 amide bonds. The van der Waals surface area contributed by atoms with Crippen molar-refractivity contribution in [3.63, 3.8) is 0 Å². The Morgan fingerprint density at radius 1 is 1.35 bits per heavy atom. The van der Waals surface area contributed by atoms with E-state index in [4.69, 9.17) is 4.74 Å². The van der Waals surface area contributed by atoms with Gasteiger partial charge in [0.2, 0.25) is 0 Å². The summed E-state index contributed by atoms with van der Waals surface area (Å²) >= 11 is 0. The van der Waals surface area contributed by atoms with Crippen molar-refractivity contribution < 1.29 is 9.53 Å². The van der Waals surface area contributed by atoms with Crippen molar-refractivity contribution in [2.75, 3.05) is 20.2 Å². The molecule has 0 radical (unpaired) electrons. The van der Waals surface area contributed by atoms with Gasteiger partial charge in [-0.25, -0.2) is 0 Å². The van der Waals surface area contributed by atoms with Gasteiger partial charge >= 0.3 is 5.97 Å². The minimum atomic E-state index is -0.511. The molecule has 2 rings (SSSR count). The van der Waals surface area contributed by atoms with E-state index in [0.717, 1.165) is 18.5 Å². The fraction of sp³-hybridized carbons (Fsp3) is 0.588. The van der Waals surface area contributed by atoms with E-state index < -0.39 is 5.41 Å². The van der Waals surface area contributed by atoms with Crippen LogP contribution < -0.4 is 0 Å². The summed E-state index contributed by atoms with van der Waals surface area (Å²) in [5, 5.41) is 0. The zero-order valence-electron chi connectivity index (χ0n) is 12.9. The fourth-order valence-corrected chi connectivity index (χ4v) is 3.39. The van der Waals surface area contributed by atoms with Crippen molar-refractivity contribution >= 4 is 5.97 Å². The fourth-order valence-electron chi connectivity index (χ4n) is 3.39. The Bertz CT molecular complexity index is 459. The maximum absolute atomic E-state index is 12.7. The minimum absolute atomic E-state index is 0.0707. The largest absolute Gasteiger partial charge is 0.465 e. The standard InChI is InChI=1S/C17H25NO2/c1-5-20-16(19)17(15-9-7-6-8-10-15)11-12-18(4)14(3)13(17)2/h6-10,13-14H,5,11-12H2,1-4H3. The molecule has 1 fully saturated rings. The Kier molecular flexibility index (Phi) is 4.48. The highest BCUT2D eigenvalue weighted by molar-refractivity contribution is 5.84. The van der Waals surface area contributed by atoms with Gasteiger partial charge in [0, 0.05) is 6.04 Å². The molecule has 3 heteroatoms. The highest BCUT2D eigenvalue weighted by Gasteiger charge is 2.51. The molecule has 110 valence electrons. The summed E-state index contributed by atoms with van der Waals surface area (Å²) in [5.41, 5.74) is 0.578. The van der Waals surface area contributed by atoms with Crippen molar-refractivity contribution in [2.24, 2.45) is 5.92 Å². The average Bonchev–Trinajstić information content (AvgIpc) is 2.46. The molecule has 1 aliphatic rings. The summed E-state index contributed by atoms with van der Waals surface area (Å²) in [6, 6.07) is 10.5. The third-order valence-corrected chi connectivity index (χ3v) is 4.98. The topological polar surface area (TPSA) is 29.5 Å². The second kappa shape index (κ2) is 5.96. The van der Waals surface area contributed by atoms with Crippen LogP contribution in [0.4, 0.5) is 0 Å². The number of rotatable bonds is 3. The van der Waals surface area contributed by atoms with Crippen LogP contribution in [0.1, 0.15) is 32.8 Å². The van der Waals surface area contributed by atoms with Gasteiger partial charge in [-0.3, -0.25) is 4.79 Å². The Balaban J connectivity index is 2.47. The number of likely N-dealkylation sites (tertiary alicyclic amines) is 1. The van der Waals surface area contributed by atoms with Gasteiger partial charge in [0.15, 0.2) is 0 Å². The summed E-state index contributed by atoms with van der Waals surface area (Å²) in [6.07, 6.45) is 0.817. The third-order valence-electron chi connectivity index (χ3n) is 4.98. The van der Waals surface area contributed by atoms with Gasteiger partial charge in [-0.1, -0.05) is 37.3 Å². The molecule has 1 saturated heterocycles. The van der Waals surface area contributed by atoms with Gasteiger partial charge < -0.3 is 9.64 Å². The van der Waals surface area contributed by atoms with E-state index in [-0.39, 0.29) is 11.9 Å². The van der Waals surface area contributed by atoms with Gasteiger partial charge in [-0.05, 0) is 45.3 Å². The monoisotopic (exact) mass is 275 g/mol. The molecule has 3 unspecified atom stereocenters. The van der Waals surface area contributed by atoms with Gasteiger partial charge in [-0.2, -0.15) is 0 Å². The molecular formula is C17H25NO2. The van der Waals surface area contributed by atoms with Crippen LogP contribution in [0.15, 0.2) is 30.3 Å². The van der Waals surface area contributed by atoms with Crippen LogP contribution in [0.5, 0.6) is 0 Å². The molecule has 0 bridgehead atoms. The van der Waals surface area contributed by atoms with Crippen molar-refractivity contribution in [1.29, 1.82) is 0 Å². The summed E-state index contributed by atoms with van der Waals surface area (Å²) < 4.78 is 5.44. The van der Waals surface area contributed by atoms with Crippen LogP contribution in [-0.2, 0) is 14.9 Å². The lowest BCUT2D eigenvalue weighted by molar-refractivity contribution is -0.156. The molecule has 1 aromatic rings. The van der Waals surface area contributed by atoms with Crippen LogP contribution in [-0.4, -0.2) is 37.1 Å². The predicted octanol–water partition coefficient (Wildman–Crippen LogP) is 2.85. The first-order valence-electron chi connectivity index (χ1n) is 7.47. The first kappa shape index (κ1) is 15.0. The van der Waals surface area contributed by atoms with Crippen molar-refractivity contribution in [2.45, 2.75) is 38.6 Å². The van der Waals surface area contributed by atoms with Crippen molar-refractivity contribution in [1.82, 2.24) is 4.90 Å². The van der Waals surface area contributed by atoms with Crippen LogP contribution in [0.3, 0.4) is 0 Å². The van der Waals surface area contributed by atoms with E-state index in [9.17, 15) is 4.79 Å². The third kappa shape index (κ3) is 2.35. The Morgan fingerprint density at radius 3 is 2.60 bits per heavy atom. The molecule has 0 spiro atoms. The van der Waals surface area contributed by atoms with Crippen LogP contribution in [0, 0.1) is 5.92 Å². The molecule has 1 heterocycles. The lowest BCUT2D eigenvalue weighted by Crippen LogP contribution is -2.56. The number of hydrogen-bond donors (Lipinski definition) is 0. The number of ether oxygens (including phenoxy) is 1. The second-order valence-electron chi connectivity index (χ2n) is 5.82. The lowest BCUT2D eigenvalue weighted by atomic mass is 9.64. The molecule has 20 heavy (non-hydrogen) atoms. The highest BCUT2D eigenvalue weighted by Crippen LogP contribution is 2.43. The van der Waals surface area contributed by atoms with Gasteiger partial charge in [-0.15, -0.1) is 0 Å². The van der Waals surface area contributed by atoms with Crippen molar-refractivity contribution in [3.05, 3.63) is 35.9 Å².